The largest absolute Gasteiger partial charge is 0.460 e. The van der Waals surface area contributed by atoms with Crippen molar-refractivity contribution in [1.29, 1.82) is 0 Å². The number of benzene rings is 1. The molecular weight excluding hydrogens is 337 g/mol. The molecule has 1 aliphatic heterocycles. The standard InChI is InChI=1S/C16H21BrFNO2/c1-16(2,3)21-15(20)11-6-8-19(9-7-11)12-4-5-13(17)14(18)10-12/h4-5,10-11H,6-9H2,1-3H3. The summed E-state index contributed by atoms with van der Waals surface area (Å²) in [6.07, 6.45) is 1.49. The molecule has 0 aromatic heterocycles. The molecule has 21 heavy (non-hydrogen) atoms. The van der Waals surface area contributed by atoms with Crippen molar-refractivity contribution in [2.24, 2.45) is 5.92 Å². The molecule has 1 aliphatic rings. The highest BCUT2D eigenvalue weighted by atomic mass is 79.9. The maximum absolute atomic E-state index is 13.6. The van der Waals surface area contributed by atoms with Crippen molar-refractivity contribution in [2.45, 2.75) is 39.2 Å². The van der Waals surface area contributed by atoms with Gasteiger partial charge in [-0.3, -0.25) is 4.79 Å². The quantitative estimate of drug-likeness (QED) is 0.744. The van der Waals surface area contributed by atoms with Crippen molar-refractivity contribution >= 4 is 27.6 Å². The molecule has 0 amide bonds. The van der Waals surface area contributed by atoms with Gasteiger partial charge in [-0.1, -0.05) is 0 Å². The van der Waals surface area contributed by atoms with Crippen LogP contribution in [0.4, 0.5) is 10.1 Å². The molecule has 0 bridgehead atoms. The first-order valence-corrected chi connectivity index (χ1v) is 7.98. The predicted molar refractivity (Wildman–Crippen MR) is 84.9 cm³/mol. The summed E-state index contributed by atoms with van der Waals surface area (Å²) in [6, 6.07) is 5.13. The molecule has 116 valence electrons. The molecule has 0 saturated carbocycles. The summed E-state index contributed by atoms with van der Waals surface area (Å²) in [5.74, 6) is -0.438. The first-order chi connectivity index (χ1) is 9.76. The van der Waals surface area contributed by atoms with E-state index in [1.807, 2.05) is 26.8 Å². The summed E-state index contributed by atoms with van der Waals surface area (Å²) in [5, 5.41) is 0. The number of ether oxygens (including phenoxy) is 1. The van der Waals surface area contributed by atoms with Gasteiger partial charge in [0.05, 0.1) is 10.4 Å². The van der Waals surface area contributed by atoms with Gasteiger partial charge in [0.25, 0.3) is 0 Å². The lowest BCUT2D eigenvalue weighted by Crippen LogP contribution is -2.38. The van der Waals surface area contributed by atoms with Crippen molar-refractivity contribution in [3.63, 3.8) is 0 Å². The molecule has 0 atom stereocenters. The Bertz CT molecular complexity index is 519. The lowest BCUT2D eigenvalue weighted by Gasteiger charge is -2.34. The smallest absolute Gasteiger partial charge is 0.309 e. The van der Waals surface area contributed by atoms with Crippen molar-refractivity contribution in [3.8, 4) is 0 Å². The van der Waals surface area contributed by atoms with E-state index in [2.05, 4.69) is 20.8 Å². The fourth-order valence-corrected chi connectivity index (χ4v) is 2.69. The van der Waals surface area contributed by atoms with Crippen molar-refractivity contribution in [2.75, 3.05) is 18.0 Å². The zero-order valence-corrected chi connectivity index (χ0v) is 14.2. The zero-order valence-electron chi connectivity index (χ0n) is 12.7. The van der Waals surface area contributed by atoms with Crippen LogP contribution in [-0.4, -0.2) is 24.7 Å². The highest BCUT2D eigenvalue weighted by Crippen LogP contribution is 2.27. The van der Waals surface area contributed by atoms with E-state index < -0.39 is 5.60 Å². The maximum Gasteiger partial charge on any atom is 0.309 e. The number of esters is 1. The van der Waals surface area contributed by atoms with Gasteiger partial charge in [-0.25, -0.2) is 4.39 Å². The third kappa shape index (κ3) is 4.43. The number of piperidine rings is 1. The van der Waals surface area contributed by atoms with E-state index >= 15 is 0 Å². The summed E-state index contributed by atoms with van der Waals surface area (Å²) in [6.45, 7) is 7.12. The second-order valence-corrected chi connectivity index (χ2v) is 7.25. The molecule has 0 unspecified atom stereocenters. The van der Waals surface area contributed by atoms with E-state index in [1.165, 1.54) is 6.07 Å². The van der Waals surface area contributed by atoms with E-state index in [0.29, 0.717) is 4.47 Å². The summed E-state index contributed by atoms with van der Waals surface area (Å²) in [5.41, 5.74) is 0.418. The average molecular weight is 358 g/mol. The van der Waals surface area contributed by atoms with Crippen LogP contribution in [0.25, 0.3) is 0 Å². The van der Waals surface area contributed by atoms with Gasteiger partial charge >= 0.3 is 5.97 Å². The van der Waals surface area contributed by atoms with Crippen LogP contribution in [-0.2, 0) is 9.53 Å². The summed E-state index contributed by atoms with van der Waals surface area (Å²) >= 11 is 3.16. The van der Waals surface area contributed by atoms with E-state index in [9.17, 15) is 9.18 Å². The second-order valence-electron chi connectivity index (χ2n) is 6.39. The minimum atomic E-state index is -0.441. The summed E-state index contributed by atoms with van der Waals surface area (Å²) < 4.78 is 19.5. The molecule has 1 aromatic rings. The molecule has 5 heteroatoms. The van der Waals surface area contributed by atoms with Crippen LogP contribution in [0.3, 0.4) is 0 Å². The Hall–Kier alpha value is -1.10. The third-order valence-corrected chi connectivity index (χ3v) is 4.15. The van der Waals surface area contributed by atoms with Crippen LogP contribution in [0.15, 0.2) is 22.7 Å². The average Bonchev–Trinajstić information content (AvgIpc) is 2.40. The number of carbonyl (C=O) groups is 1. The van der Waals surface area contributed by atoms with Crippen LogP contribution in [0, 0.1) is 11.7 Å². The van der Waals surface area contributed by atoms with E-state index in [0.717, 1.165) is 31.6 Å². The molecular formula is C16H21BrFNO2. The minimum absolute atomic E-state index is 0.0548. The maximum atomic E-state index is 13.6. The van der Waals surface area contributed by atoms with Gasteiger partial charge in [0.15, 0.2) is 0 Å². The number of carbonyl (C=O) groups excluding carboxylic acids is 1. The van der Waals surface area contributed by atoms with E-state index in [4.69, 9.17) is 4.74 Å². The first-order valence-electron chi connectivity index (χ1n) is 7.19. The van der Waals surface area contributed by atoms with Gasteiger partial charge in [0.2, 0.25) is 0 Å². The molecule has 2 rings (SSSR count). The van der Waals surface area contributed by atoms with E-state index in [1.54, 1.807) is 6.07 Å². The number of nitrogens with zero attached hydrogens (tertiary/aromatic N) is 1. The Balaban J connectivity index is 1.94. The van der Waals surface area contributed by atoms with Crippen molar-refractivity contribution in [1.82, 2.24) is 0 Å². The SMILES string of the molecule is CC(C)(C)OC(=O)C1CCN(c2ccc(Br)c(F)c2)CC1. The van der Waals surface area contributed by atoms with Crippen LogP contribution >= 0.6 is 15.9 Å². The Labute approximate surface area is 133 Å². The first kappa shape index (κ1) is 16.3. The predicted octanol–water partition coefficient (Wildman–Crippen LogP) is 4.15. The Kier molecular flexibility index (Phi) is 4.91. The van der Waals surface area contributed by atoms with Crippen LogP contribution in [0.1, 0.15) is 33.6 Å². The highest BCUT2D eigenvalue weighted by Gasteiger charge is 2.29. The Morgan fingerprint density at radius 3 is 2.48 bits per heavy atom. The molecule has 0 N–H and O–H groups in total. The lowest BCUT2D eigenvalue weighted by molar-refractivity contribution is -0.160. The number of halogens is 2. The molecule has 1 saturated heterocycles. The highest BCUT2D eigenvalue weighted by molar-refractivity contribution is 9.10. The number of anilines is 1. The lowest BCUT2D eigenvalue weighted by atomic mass is 9.96. The molecule has 0 radical (unpaired) electrons. The zero-order chi connectivity index (χ0) is 15.6. The molecule has 1 fully saturated rings. The summed E-state index contributed by atoms with van der Waals surface area (Å²) in [7, 11) is 0. The number of hydrogen-bond donors (Lipinski definition) is 0. The van der Waals surface area contributed by atoms with Crippen LogP contribution < -0.4 is 4.90 Å². The van der Waals surface area contributed by atoms with Crippen LogP contribution in [0.2, 0.25) is 0 Å². The fraction of sp³-hybridized carbons (Fsp3) is 0.562. The van der Waals surface area contributed by atoms with E-state index in [-0.39, 0.29) is 17.7 Å². The third-order valence-electron chi connectivity index (χ3n) is 3.50. The normalized spacial score (nSPS) is 16.9. The van der Waals surface area contributed by atoms with Gasteiger partial charge in [0.1, 0.15) is 11.4 Å². The van der Waals surface area contributed by atoms with Crippen molar-refractivity contribution in [3.05, 3.63) is 28.5 Å². The Morgan fingerprint density at radius 1 is 1.33 bits per heavy atom. The number of hydrogen-bond acceptors (Lipinski definition) is 3. The van der Waals surface area contributed by atoms with Gasteiger partial charge < -0.3 is 9.64 Å². The molecule has 1 heterocycles. The Morgan fingerprint density at radius 2 is 1.95 bits per heavy atom. The molecule has 0 aliphatic carbocycles. The van der Waals surface area contributed by atoms with Gasteiger partial charge in [0, 0.05) is 18.8 Å². The summed E-state index contributed by atoms with van der Waals surface area (Å²) in [4.78, 5) is 14.2. The monoisotopic (exact) mass is 357 g/mol. The molecule has 1 aromatic carbocycles. The van der Waals surface area contributed by atoms with Gasteiger partial charge in [-0.15, -0.1) is 0 Å². The molecule has 3 nitrogen and oxygen atoms in total. The topological polar surface area (TPSA) is 29.5 Å². The van der Waals surface area contributed by atoms with Crippen LogP contribution in [0.5, 0.6) is 0 Å². The van der Waals surface area contributed by atoms with Crippen molar-refractivity contribution < 1.29 is 13.9 Å². The number of rotatable bonds is 2. The second kappa shape index (κ2) is 6.34. The molecule has 0 spiro atoms. The fourth-order valence-electron chi connectivity index (χ4n) is 2.44. The van der Waals surface area contributed by atoms with Gasteiger partial charge in [-0.2, -0.15) is 0 Å². The van der Waals surface area contributed by atoms with Gasteiger partial charge in [-0.05, 0) is 67.7 Å². The minimum Gasteiger partial charge on any atom is -0.460 e.